The molecule has 1 aromatic carbocycles. The average molecular weight is 301 g/mol. The maximum Gasteiger partial charge on any atom is 0.222 e. The van der Waals surface area contributed by atoms with Crippen molar-refractivity contribution in [2.45, 2.75) is 32.1 Å². The van der Waals surface area contributed by atoms with Crippen LogP contribution in [0.5, 0.6) is 0 Å². The van der Waals surface area contributed by atoms with Crippen LogP contribution in [0.1, 0.15) is 35.8 Å². The van der Waals surface area contributed by atoms with Gasteiger partial charge in [0.2, 0.25) is 5.91 Å². The van der Waals surface area contributed by atoms with Crippen LogP contribution in [0.2, 0.25) is 0 Å². The second-order valence-electron chi connectivity index (χ2n) is 5.87. The number of hydrogen-bond donors (Lipinski definition) is 1. The third-order valence-electron chi connectivity index (χ3n) is 4.22. The van der Waals surface area contributed by atoms with Crippen molar-refractivity contribution >= 4 is 5.91 Å². The summed E-state index contributed by atoms with van der Waals surface area (Å²) in [4.78, 5) is 21.7. The van der Waals surface area contributed by atoms with Crippen molar-refractivity contribution in [2.24, 2.45) is 0 Å². The molecule has 1 fully saturated rings. The molecule has 2 heterocycles. The molecular formula is C17H20FN3O. The highest BCUT2D eigenvalue weighted by molar-refractivity contribution is 5.76. The molecule has 1 aliphatic heterocycles. The van der Waals surface area contributed by atoms with Crippen molar-refractivity contribution in [2.75, 3.05) is 13.1 Å². The third kappa shape index (κ3) is 3.18. The molecule has 1 saturated heterocycles. The molecule has 116 valence electrons. The molecule has 1 amide bonds. The lowest BCUT2D eigenvalue weighted by molar-refractivity contribution is -0.130. The molecule has 1 aromatic heterocycles. The van der Waals surface area contributed by atoms with Crippen molar-refractivity contribution in [3.63, 3.8) is 0 Å². The second kappa shape index (κ2) is 6.30. The summed E-state index contributed by atoms with van der Waals surface area (Å²) in [5.41, 5.74) is 1.65. The quantitative estimate of drug-likeness (QED) is 0.944. The van der Waals surface area contributed by atoms with E-state index in [1.165, 1.54) is 6.07 Å². The zero-order chi connectivity index (χ0) is 15.5. The van der Waals surface area contributed by atoms with Gasteiger partial charge in [-0.1, -0.05) is 18.2 Å². The van der Waals surface area contributed by atoms with Crippen LogP contribution in [0.3, 0.4) is 0 Å². The van der Waals surface area contributed by atoms with Crippen LogP contribution in [0.25, 0.3) is 0 Å². The second-order valence-corrected chi connectivity index (χ2v) is 5.87. The Bertz CT molecular complexity index is 667. The zero-order valence-electron chi connectivity index (χ0n) is 12.7. The van der Waals surface area contributed by atoms with Crippen LogP contribution >= 0.6 is 0 Å². The van der Waals surface area contributed by atoms with E-state index in [1.54, 1.807) is 18.2 Å². The Morgan fingerprint density at radius 1 is 1.45 bits per heavy atom. The van der Waals surface area contributed by atoms with Gasteiger partial charge >= 0.3 is 0 Å². The fraction of sp³-hybridized carbons (Fsp3) is 0.412. The molecule has 0 bridgehead atoms. The smallest absolute Gasteiger partial charge is 0.222 e. The Morgan fingerprint density at radius 2 is 2.27 bits per heavy atom. The van der Waals surface area contributed by atoms with Gasteiger partial charge in [-0.3, -0.25) is 4.79 Å². The molecule has 0 spiro atoms. The predicted molar refractivity (Wildman–Crippen MR) is 82.0 cm³/mol. The number of nitrogens with one attached hydrogen (secondary N) is 1. The van der Waals surface area contributed by atoms with E-state index in [0.29, 0.717) is 24.9 Å². The van der Waals surface area contributed by atoms with Gasteiger partial charge < -0.3 is 9.88 Å². The van der Waals surface area contributed by atoms with E-state index >= 15 is 0 Å². The van der Waals surface area contributed by atoms with Crippen LogP contribution in [0.4, 0.5) is 4.39 Å². The highest BCUT2D eigenvalue weighted by Crippen LogP contribution is 2.25. The highest BCUT2D eigenvalue weighted by Gasteiger charge is 2.28. The number of hydrogen-bond acceptors (Lipinski definition) is 2. The first-order chi connectivity index (χ1) is 10.6. The van der Waals surface area contributed by atoms with Crippen LogP contribution in [0, 0.1) is 12.7 Å². The molecule has 0 radical (unpaired) electrons. The maximum atomic E-state index is 13.6. The molecule has 2 aromatic rings. The van der Waals surface area contributed by atoms with Crippen molar-refractivity contribution in [1.82, 2.24) is 14.9 Å². The number of likely N-dealkylation sites (tertiary alicyclic amines) is 1. The molecule has 5 heteroatoms. The topological polar surface area (TPSA) is 49.0 Å². The Morgan fingerprint density at radius 3 is 3.00 bits per heavy atom. The Balaban J connectivity index is 1.54. The lowest BCUT2D eigenvalue weighted by Gasteiger charge is -2.16. The van der Waals surface area contributed by atoms with E-state index in [9.17, 15) is 9.18 Å². The number of aryl methyl sites for hydroxylation is 2. The first kappa shape index (κ1) is 14.8. The van der Waals surface area contributed by atoms with Crippen molar-refractivity contribution < 1.29 is 9.18 Å². The van der Waals surface area contributed by atoms with Gasteiger partial charge in [0, 0.05) is 37.3 Å². The summed E-state index contributed by atoms with van der Waals surface area (Å²) in [5.74, 6) is 1.10. The number of aromatic amines is 1. The summed E-state index contributed by atoms with van der Waals surface area (Å²) < 4.78 is 13.6. The fourth-order valence-corrected chi connectivity index (χ4v) is 2.95. The maximum absolute atomic E-state index is 13.6. The van der Waals surface area contributed by atoms with Crippen molar-refractivity contribution in [3.05, 3.63) is 53.4 Å². The number of benzene rings is 1. The summed E-state index contributed by atoms with van der Waals surface area (Å²) in [6.07, 6.45) is 3.55. The van der Waals surface area contributed by atoms with Gasteiger partial charge in [-0.25, -0.2) is 9.37 Å². The number of H-pyrrole nitrogens is 1. The normalized spacial score (nSPS) is 17.9. The minimum absolute atomic E-state index is 0.0917. The van der Waals surface area contributed by atoms with E-state index in [2.05, 4.69) is 9.97 Å². The Kier molecular flexibility index (Phi) is 4.22. The van der Waals surface area contributed by atoms with E-state index in [-0.39, 0.29) is 17.6 Å². The number of amides is 1. The molecule has 3 rings (SSSR count). The summed E-state index contributed by atoms with van der Waals surface area (Å²) in [5, 5.41) is 0. The lowest BCUT2D eigenvalue weighted by Crippen LogP contribution is -2.28. The summed E-state index contributed by atoms with van der Waals surface area (Å²) in [6, 6.07) is 6.64. The van der Waals surface area contributed by atoms with E-state index < -0.39 is 0 Å². The molecule has 4 nitrogen and oxygen atoms in total. The summed E-state index contributed by atoms with van der Waals surface area (Å²) >= 11 is 0. The number of nitrogens with zero attached hydrogens (tertiary/aromatic N) is 2. The minimum Gasteiger partial charge on any atom is -0.346 e. The van der Waals surface area contributed by atoms with E-state index in [4.69, 9.17) is 0 Å². The monoisotopic (exact) mass is 301 g/mol. The number of halogens is 1. The number of carbonyl (C=O) groups is 1. The molecule has 0 unspecified atom stereocenters. The fourth-order valence-electron chi connectivity index (χ4n) is 2.95. The van der Waals surface area contributed by atoms with Crippen LogP contribution in [-0.4, -0.2) is 33.9 Å². The van der Waals surface area contributed by atoms with Crippen LogP contribution < -0.4 is 0 Å². The van der Waals surface area contributed by atoms with Gasteiger partial charge in [-0.05, 0) is 31.4 Å². The van der Waals surface area contributed by atoms with Crippen LogP contribution in [0.15, 0.2) is 30.5 Å². The average Bonchev–Trinajstić information content (AvgIpc) is 3.15. The predicted octanol–water partition coefficient (Wildman–Crippen LogP) is 2.81. The molecule has 1 aliphatic rings. The van der Waals surface area contributed by atoms with Gasteiger partial charge in [-0.15, -0.1) is 0 Å². The standard InChI is InChI=1S/C17H20FN3O/c1-12-10-19-17(20-12)14-8-9-21(11-14)16(22)7-6-13-4-2-3-5-15(13)18/h2-5,10,14H,6-9,11H2,1H3,(H,19,20)/t14-/m0/s1. The van der Waals surface area contributed by atoms with Gasteiger partial charge in [0.25, 0.3) is 0 Å². The van der Waals surface area contributed by atoms with Crippen LogP contribution in [-0.2, 0) is 11.2 Å². The lowest BCUT2D eigenvalue weighted by atomic mass is 10.1. The summed E-state index contributed by atoms with van der Waals surface area (Å²) in [6.45, 7) is 3.42. The Labute approximate surface area is 129 Å². The largest absolute Gasteiger partial charge is 0.346 e. The zero-order valence-corrected chi connectivity index (χ0v) is 12.7. The van der Waals surface area contributed by atoms with Crippen molar-refractivity contribution in [1.29, 1.82) is 0 Å². The van der Waals surface area contributed by atoms with Gasteiger partial charge in [0.05, 0.1) is 0 Å². The summed E-state index contributed by atoms with van der Waals surface area (Å²) in [7, 11) is 0. The molecular weight excluding hydrogens is 281 g/mol. The van der Waals surface area contributed by atoms with Crippen molar-refractivity contribution in [3.8, 4) is 0 Å². The SMILES string of the molecule is Cc1cnc([C@H]2CCN(C(=O)CCc3ccccc3F)C2)[nH]1. The van der Waals surface area contributed by atoms with Gasteiger partial charge in [0.1, 0.15) is 11.6 Å². The molecule has 0 saturated carbocycles. The van der Waals surface area contributed by atoms with E-state index in [0.717, 1.165) is 24.5 Å². The number of imidazole rings is 1. The van der Waals surface area contributed by atoms with E-state index in [1.807, 2.05) is 18.0 Å². The number of aromatic nitrogens is 2. The van der Waals surface area contributed by atoms with Gasteiger partial charge in [-0.2, -0.15) is 0 Å². The first-order valence-electron chi connectivity index (χ1n) is 7.66. The highest BCUT2D eigenvalue weighted by atomic mass is 19.1. The Hall–Kier alpha value is -2.17. The number of rotatable bonds is 4. The minimum atomic E-state index is -0.236. The molecule has 1 atom stereocenters. The molecule has 22 heavy (non-hydrogen) atoms. The molecule has 1 N–H and O–H groups in total. The van der Waals surface area contributed by atoms with Gasteiger partial charge in [0.15, 0.2) is 0 Å². The third-order valence-corrected chi connectivity index (χ3v) is 4.22. The first-order valence-corrected chi connectivity index (χ1v) is 7.66. The molecule has 0 aliphatic carbocycles. The number of carbonyl (C=O) groups excluding carboxylic acids is 1.